The van der Waals surface area contributed by atoms with E-state index in [0.717, 1.165) is 47.9 Å². The highest BCUT2D eigenvalue weighted by Gasteiger charge is 2.17. The third kappa shape index (κ3) is 3.84. The van der Waals surface area contributed by atoms with Crippen LogP contribution in [0.3, 0.4) is 0 Å². The Morgan fingerprint density at radius 1 is 1.58 bits per heavy atom. The molecule has 0 radical (unpaired) electrons. The summed E-state index contributed by atoms with van der Waals surface area (Å²) in [5.74, 6) is 1.00. The van der Waals surface area contributed by atoms with Gasteiger partial charge in [-0.05, 0) is 30.7 Å². The molecule has 104 valence electrons. The molecule has 19 heavy (non-hydrogen) atoms. The van der Waals surface area contributed by atoms with Gasteiger partial charge in [-0.25, -0.2) is 0 Å². The summed E-state index contributed by atoms with van der Waals surface area (Å²) in [6.07, 6.45) is 2.58. The predicted molar refractivity (Wildman–Crippen MR) is 86.2 cm³/mol. The second-order valence-corrected chi connectivity index (χ2v) is 6.24. The minimum absolute atomic E-state index is 0.307. The van der Waals surface area contributed by atoms with E-state index in [9.17, 15) is 0 Å². The van der Waals surface area contributed by atoms with Crippen molar-refractivity contribution in [3.63, 3.8) is 0 Å². The molecule has 1 atom stereocenters. The van der Waals surface area contributed by atoms with E-state index >= 15 is 0 Å². The quantitative estimate of drug-likeness (QED) is 0.624. The molecular formula is C14H20N2OS2. The van der Waals surface area contributed by atoms with E-state index < -0.39 is 0 Å². The normalized spacial score (nSPS) is 18.5. The summed E-state index contributed by atoms with van der Waals surface area (Å²) in [6, 6.07) is 6.14. The molecule has 2 rings (SSSR count). The number of hydrogen-bond donors (Lipinski definition) is 2. The number of rotatable bonds is 6. The number of thioether (sulfide) groups is 1. The molecule has 0 aromatic heterocycles. The minimum Gasteiger partial charge on any atom is -0.389 e. The smallest absolute Gasteiger partial charge is 0.107 e. The van der Waals surface area contributed by atoms with Gasteiger partial charge in [0.25, 0.3) is 0 Å². The molecule has 0 amide bonds. The van der Waals surface area contributed by atoms with Crippen molar-refractivity contribution in [1.82, 2.24) is 0 Å². The first kappa shape index (κ1) is 14.6. The number of hydrogen-bond acceptors (Lipinski definition) is 4. The molecule has 0 bridgehead atoms. The zero-order valence-corrected chi connectivity index (χ0v) is 12.8. The Labute approximate surface area is 124 Å². The van der Waals surface area contributed by atoms with Gasteiger partial charge in [-0.1, -0.05) is 25.2 Å². The van der Waals surface area contributed by atoms with Gasteiger partial charge in [-0.3, -0.25) is 0 Å². The SMILES string of the molecule is CCSc1cccc(NCC2CCCO2)c1C(N)=S. The summed E-state index contributed by atoms with van der Waals surface area (Å²) in [5.41, 5.74) is 7.85. The summed E-state index contributed by atoms with van der Waals surface area (Å²) >= 11 is 6.96. The van der Waals surface area contributed by atoms with Crippen LogP contribution in [0.15, 0.2) is 23.1 Å². The number of benzene rings is 1. The first-order valence-electron chi connectivity index (χ1n) is 6.63. The fraction of sp³-hybridized carbons (Fsp3) is 0.500. The van der Waals surface area contributed by atoms with Crippen molar-refractivity contribution in [2.45, 2.75) is 30.8 Å². The van der Waals surface area contributed by atoms with Gasteiger partial charge in [0.05, 0.1) is 6.10 Å². The molecule has 5 heteroatoms. The van der Waals surface area contributed by atoms with Crippen LogP contribution in [0.5, 0.6) is 0 Å². The number of nitrogens with two attached hydrogens (primary N) is 1. The van der Waals surface area contributed by atoms with E-state index in [1.54, 1.807) is 11.8 Å². The highest BCUT2D eigenvalue weighted by atomic mass is 32.2. The van der Waals surface area contributed by atoms with Crippen LogP contribution in [-0.4, -0.2) is 30.0 Å². The van der Waals surface area contributed by atoms with Crippen LogP contribution in [0.1, 0.15) is 25.3 Å². The van der Waals surface area contributed by atoms with E-state index in [-0.39, 0.29) is 0 Å². The fourth-order valence-corrected chi connectivity index (χ4v) is 3.37. The molecule has 1 saturated heterocycles. The average molecular weight is 296 g/mol. The Morgan fingerprint density at radius 2 is 2.42 bits per heavy atom. The van der Waals surface area contributed by atoms with Crippen LogP contribution in [0.2, 0.25) is 0 Å². The van der Waals surface area contributed by atoms with Crippen LogP contribution in [0.4, 0.5) is 5.69 Å². The summed E-state index contributed by atoms with van der Waals surface area (Å²) in [4.78, 5) is 1.60. The molecule has 0 aliphatic carbocycles. The summed E-state index contributed by atoms with van der Waals surface area (Å²) in [5, 5.41) is 3.43. The molecule has 3 N–H and O–H groups in total. The zero-order chi connectivity index (χ0) is 13.7. The van der Waals surface area contributed by atoms with E-state index in [1.165, 1.54) is 0 Å². The van der Waals surface area contributed by atoms with Crippen molar-refractivity contribution >= 4 is 34.7 Å². The highest BCUT2D eigenvalue weighted by molar-refractivity contribution is 7.99. The molecular weight excluding hydrogens is 276 g/mol. The Balaban J connectivity index is 2.13. The molecule has 1 heterocycles. The lowest BCUT2D eigenvalue weighted by atomic mass is 10.1. The molecule has 1 unspecified atom stereocenters. The van der Waals surface area contributed by atoms with Gasteiger partial charge < -0.3 is 15.8 Å². The van der Waals surface area contributed by atoms with E-state index in [4.69, 9.17) is 22.7 Å². The zero-order valence-electron chi connectivity index (χ0n) is 11.1. The lowest BCUT2D eigenvalue weighted by Crippen LogP contribution is -2.21. The number of thiocarbonyl (C=S) groups is 1. The topological polar surface area (TPSA) is 47.3 Å². The monoisotopic (exact) mass is 296 g/mol. The third-order valence-corrected chi connectivity index (χ3v) is 4.26. The van der Waals surface area contributed by atoms with Gasteiger partial charge in [-0.15, -0.1) is 11.8 Å². The van der Waals surface area contributed by atoms with E-state index in [1.807, 2.05) is 12.1 Å². The van der Waals surface area contributed by atoms with Gasteiger partial charge in [0.15, 0.2) is 0 Å². The van der Waals surface area contributed by atoms with Crippen LogP contribution in [0.25, 0.3) is 0 Å². The maximum absolute atomic E-state index is 5.88. The maximum atomic E-state index is 5.88. The van der Waals surface area contributed by atoms with Crippen molar-refractivity contribution in [1.29, 1.82) is 0 Å². The highest BCUT2D eigenvalue weighted by Crippen LogP contribution is 2.28. The van der Waals surface area contributed by atoms with Gasteiger partial charge in [0.2, 0.25) is 0 Å². The Morgan fingerprint density at radius 3 is 3.05 bits per heavy atom. The van der Waals surface area contributed by atoms with Crippen molar-refractivity contribution in [3.8, 4) is 0 Å². The lowest BCUT2D eigenvalue weighted by molar-refractivity contribution is 0.120. The standard InChI is InChI=1S/C14H20N2OS2/c1-2-19-12-7-3-6-11(13(12)14(15)18)16-9-10-5-4-8-17-10/h3,6-7,10,16H,2,4-5,8-9H2,1H3,(H2,15,18). The Kier molecular flexibility index (Phi) is 5.48. The molecule has 3 nitrogen and oxygen atoms in total. The fourth-order valence-electron chi connectivity index (χ4n) is 2.24. The molecule has 1 fully saturated rings. The first-order chi connectivity index (χ1) is 9.22. The summed E-state index contributed by atoms with van der Waals surface area (Å²) in [7, 11) is 0. The van der Waals surface area contributed by atoms with E-state index in [0.29, 0.717) is 11.1 Å². The van der Waals surface area contributed by atoms with Crippen molar-refractivity contribution in [3.05, 3.63) is 23.8 Å². The first-order valence-corrected chi connectivity index (χ1v) is 8.02. The van der Waals surface area contributed by atoms with Gasteiger partial charge >= 0.3 is 0 Å². The second kappa shape index (κ2) is 7.12. The Bertz CT molecular complexity index is 445. The average Bonchev–Trinajstić information content (AvgIpc) is 2.89. The number of anilines is 1. The third-order valence-electron chi connectivity index (χ3n) is 3.12. The van der Waals surface area contributed by atoms with Gasteiger partial charge in [0.1, 0.15) is 4.99 Å². The van der Waals surface area contributed by atoms with E-state index in [2.05, 4.69) is 18.3 Å². The largest absolute Gasteiger partial charge is 0.389 e. The molecule has 1 aliphatic heterocycles. The van der Waals surface area contributed by atoms with Crippen LogP contribution < -0.4 is 11.1 Å². The molecule has 1 aliphatic rings. The number of ether oxygens (including phenoxy) is 1. The van der Waals surface area contributed by atoms with Crippen molar-refractivity contribution in [2.24, 2.45) is 5.73 Å². The lowest BCUT2D eigenvalue weighted by Gasteiger charge is -2.17. The molecule has 0 saturated carbocycles. The summed E-state index contributed by atoms with van der Waals surface area (Å²) in [6.45, 7) is 3.82. The Hall–Kier alpha value is -0.780. The molecule has 1 aromatic rings. The summed E-state index contributed by atoms with van der Waals surface area (Å²) < 4.78 is 5.62. The predicted octanol–water partition coefficient (Wildman–Crippen LogP) is 3.02. The van der Waals surface area contributed by atoms with Crippen molar-refractivity contribution in [2.75, 3.05) is 24.2 Å². The van der Waals surface area contributed by atoms with Crippen LogP contribution >= 0.6 is 24.0 Å². The minimum atomic E-state index is 0.307. The maximum Gasteiger partial charge on any atom is 0.107 e. The van der Waals surface area contributed by atoms with Gasteiger partial charge in [0, 0.05) is 29.3 Å². The van der Waals surface area contributed by atoms with Gasteiger partial charge in [-0.2, -0.15) is 0 Å². The van der Waals surface area contributed by atoms with Crippen molar-refractivity contribution < 1.29 is 4.74 Å². The van der Waals surface area contributed by atoms with Crippen LogP contribution in [0, 0.1) is 0 Å². The van der Waals surface area contributed by atoms with Crippen LogP contribution in [-0.2, 0) is 4.74 Å². The molecule has 1 aromatic carbocycles. The number of nitrogens with one attached hydrogen (secondary N) is 1. The second-order valence-electron chi connectivity index (χ2n) is 4.49. The molecule has 0 spiro atoms.